The van der Waals surface area contributed by atoms with E-state index in [1.54, 1.807) is 31.4 Å². The van der Waals surface area contributed by atoms with Crippen LogP contribution in [0.2, 0.25) is 0 Å². The maximum atomic E-state index is 12.8. The van der Waals surface area contributed by atoms with Crippen LogP contribution in [0.15, 0.2) is 35.9 Å². The lowest BCUT2D eigenvalue weighted by molar-refractivity contribution is -0.134. The molecule has 1 saturated carbocycles. The molecule has 27 heavy (non-hydrogen) atoms. The molecular weight excluding hydrogens is 340 g/mol. The number of carbonyl (C=O) groups is 1. The van der Waals surface area contributed by atoms with E-state index in [1.165, 1.54) is 5.57 Å². The van der Waals surface area contributed by atoms with Gasteiger partial charge in [-0.25, -0.2) is 4.79 Å². The summed E-state index contributed by atoms with van der Waals surface area (Å²) in [5.74, 6) is 0.969. The number of allylic oxidation sites excluding steroid dienone is 1. The molecule has 2 aliphatic carbocycles. The van der Waals surface area contributed by atoms with Crippen LogP contribution in [0.3, 0.4) is 0 Å². The number of hydrogen-bond acceptors (Lipinski definition) is 4. The molecule has 4 heteroatoms. The first-order valence-corrected chi connectivity index (χ1v) is 9.96. The van der Waals surface area contributed by atoms with Crippen LogP contribution in [0.25, 0.3) is 0 Å². The van der Waals surface area contributed by atoms with E-state index in [4.69, 9.17) is 9.47 Å². The van der Waals surface area contributed by atoms with Gasteiger partial charge in [-0.15, -0.1) is 0 Å². The number of hydrogen-bond donors (Lipinski definition) is 1. The second-order valence-electron chi connectivity index (χ2n) is 8.80. The molecule has 0 aromatic heterocycles. The maximum absolute atomic E-state index is 12.8. The SMILES string of the molecule is COc1ccc(C(=O)O[C@@H]2C=C(C)CC[C@@]3(O)[C@@H](C(C)C)CC[C@]23C)cc1. The van der Waals surface area contributed by atoms with Crippen molar-refractivity contribution in [1.29, 1.82) is 0 Å². The van der Waals surface area contributed by atoms with Crippen LogP contribution < -0.4 is 4.74 Å². The minimum atomic E-state index is -0.819. The van der Waals surface area contributed by atoms with E-state index in [1.807, 2.05) is 0 Å². The molecule has 148 valence electrons. The first kappa shape index (κ1) is 19.9. The quantitative estimate of drug-likeness (QED) is 0.611. The summed E-state index contributed by atoms with van der Waals surface area (Å²) in [5.41, 5.74) is 0.382. The summed E-state index contributed by atoms with van der Waals surface area (Å²) in [7, 11) is 1.60. The van der Waals surface area contributed by atoms with Crippen LogP contribution in [-0.4, -0.2) is 29.9 Å². The second-order valence-corrected chi connectivity index (χ2v) is 8.80. The first-order valence-electron chi connectivity index (χ1n) is 9.96. The lowest BCUT2D eigenvalue weighted by atomic mass is 9.66. The van der Waals surface area contributed by atoms with Crippen molar-refractivity contribution >= 4 is 5.97 Å². The van der Waals surface area contributed by atoms with Gasteiger partial charge < -0.3 is 14.6 Å². The molecule has 0 radical (unpaired) electrons. The van der Waals surface area contributed by atoms with Crippen LogP contribution in [0, 0.1) is 17.3 Å². The number of aliphatic hydroxyl groups is 1. The van der Waals surface area contributed by atoms with Gasteiger partial charge in [-0.1, -0.05) is 26.3 Å². The monoisotopic (exact) mass is 372 g/mol. The molecule has 4 atom stereocenters. The van der Waals surface area contributed by atoms with Crippen molar-refractivity contribution in [2.45, 2.75) is 65.1 Å². The van der Waals surface area contributed by atoms with Gasteiger partial charge in [0.15, 0.2) is 0 Å². The van der Waals surface area contributed by atoms with E-state index in [9.17, 15) is 9.90 Å². The van der Waals surface area contributed by atoms with Crippen LogP contribution in [-0.2, 0) is 4.74 Å². The summed E-state index contributed by atoms with van der Waals surface area (Å²) in [5, 5.41) is 11.8. The van der Waals surface area contributed by atoms with Gasteiger partial charge in [0.1, 0.15) is 11.9 Å². The Morgan fingerprint density at radius 1 is 1.22 bits per heavy atom. The van der Waals surface area contributed by atoms with Crippen molar-refractivity contribution in [3.05, 3.63) is 41.5 Å². The molecule has 0 bridgehead atoms. The number of ether oxygens (including phenoxy) is 2. The molecule has 1 N–H and O–H groups in total. The molecule has 4 nitrogen and oxygen atoms in total. The molecule has 0 saturated heterocycles. The topological polar surface area (TPSA) is 55.8 Å². The van der Waals surface area contributed by atoms with Gasteiger partial charge in [-0.3, -0.25) is 0 Å². The zero-order valence-corrected chi connectivity index (χ0v) is 17.1. The highest BCUT2D eigenvalue weighted by Crippen LogP contribution is 2.58. The average molecular weight is 373 g/mol. The molecule has 1 aromatic carbocycles. The van der Waals surface area contributed by atoms with Crippen molar-refractivity contribution in [2.24, 2.45) is 17.3 Å². The van der Waals surface area contributed by atoms with Gasteiger partial charge in [-0.2, -0.15) is 0 Å². The summed E-state index contributed by atoms with van der Waals surface area (Å²) in [4.78, 5) is 12.8. The lowest BCUT2D eigenvalue weighted by Crippen LogP contribution is -2.53. The Bertz CT molecular complexity index is 720. The smallest absolute Gasteiger partial charge is 0.338 e. The molecule has 0 heterocycles. The molecular formula is C23H32O4. The van der Waals surface area contributed by atoms with E-state index in [0.29, 0.717) is 17.2 Å². The normalized spacial score (nSPS) is 33.2. The Morgan fingerprint density at radius 3 is 2.48 bits per heavy atom. The third kappa shape index (κ3) is 3.40. The largest absolute Gasteiger partial charge is 0.497 e. The zero-order chi connectivity index (χ0) is 19.8. The first-order chi connectivity index (χ1) is 12.7. The van der Waals surface area contributed by atoms with Crippen molar-refractivity contribution in [3.8, 4) is 5.75 Å². The maximum Gasteiger partial charge on any atom is 0.338 e. The Balaban J connectivity index is 1.90. The van der Waals surface area contributed by atoms with Crippen LogP contribution >= 0.6 is 0 Å². The number of rotatable bonds is 4. The standard InChI is InChI=1S/C23H32O4/c1-15(2)19-11-12-22(4)20(14-16(3)10-13-23(19,22)25)27-21(24)17-6-8-18(26-5)9-7-17/h6-9,14-15,19-20,25H,10-13H2,1-5H3/t19-,20-,22-,23-/m1/s1. The van der Waals surface area contributed by atoms with E-state index >= 15 is 0 Å². The third-order valence-electron chi connectivity index (χ3n) is 6.91. The minimum Gasteiger partial charge on any atom is -0.497 e. The van der Waals surface area contributed by atoms with Gasteiger partial charge in [0, 0.05) is 5.41 Å². The van der Waals surface area contributed by atoms with E-state index in [-0.39, 0.29) is 11.9 Å². The predicted octanol–water partition coefficient (Wildman–Crippen LogP) is 4.76. The Morgan fingerprint density at radius 2 is 1.89 bits per heavy atom. The van der Waals surface area contributed by atoms with Crippen molar-refractivity contribution < 1.29 is 19.4 Å². The second kappa shape index (κ2) is 7.31. The summed E-state index contributed by atoms with van der Waals surface area (Å²) in [6.45, 7) is 8.51. The summed E-state index contributed by atoms with van der Waals surface area (Å²) in [6, 6.07) is 6.95. The van der Waals surface area contributed by atoms with Crippen LogP contribution in [0.1, 0.15) is 63.7 Å². The van der Waals surface area contributed by atoms with Crippen molar-refractivity contribution in [3.63, 3.8) is 0 Å². The van der Waals surface area contributed by atoms with Gasteiger partial charge in [0.2, 0.25) is 0 Å². The highest BCUT2D eigenvalue weighted by atomic mass is 16.5. The molecule has 0 spiro atoms. The van der Waals surface area contributed by atoms with E-state index in [0.717, 1.165) is 25.7 Å². The average Bonchev–Trinajstić information content (AvgIpc) is 2.87. The minimum absolute atomic E-state index is 0.226. The van der Waals surface area contributed by atoms with Crippen molar-refractivity contribution in [2.75, 3.05) is 7.11 Å². The number of fused-ring (bicyclic) bond motifs is 1. The van der Waals surface area contributed by atoms with E-state index in [2.05, 4.69) is 33.8 Å². The van der Waals surface area contributed by atoms with Gasteiger partial charge in [0.25, 0.3) is 0 Å². The number of carbonyl (C=O) groups excluding carboxylic acids is 1. The Kier molecular flexibility index (Phi) is 5.40. The molecule has 1 aromatic rings. The third-order valence-corrected chi connectivity index (χ3v) is 6.91. The molecule has 2 aliphatic rings. The molecule has 0 unspecified atom stereocenters. The molecule has 3 rings (SSSR count). The Hall–Kier alpha value is -1.81. The van der Waals surface area contributed by atoms with Gasteiger partial charge in [-0.05, 0) is 74.8 Å². The fourth-order valence-electron chi connectivity index (χ4n) is 5.07. The van der Waals surface area contributed by atoms with Crippen molar-refractivity contribution in [1.82, 2.24) is 0 Å². The fraction of sp³-hybridized carbons (Fsp3) is 0.609. The zero-order valence-electron chi connectivity index (χ0n) is 17.1. The number of methoxy groups -OCH3 is 1. The van der Waals surface area contributed by atoms with Gasteiger partial charge >= 0.3 is 5.97 Å². The molecule has 0 amide bonds. The lowest BCUT2D eigenvalue weighted by Gasteiger charge is -2.46. The summed E-state index contributed by atoms with van der Waals surface area (Å²) in [6.07, 6.45) is 5.02. The van der Waals surface area contributed by atoms with Crippen LogP contribution in [0.4, 0.5) is 0 Å². The van der Waals surface area contributed by atoms with E-state index < -0.39 is 17.1 Å². The summed E-state index contributed by atoms with van der Waals surface area (Å²) < 4.78 is 11.2. The molecule has 1 fully saturated rings. The summed E-state index contributed by atoms with van der Waals surface area (Å²) >= 11 is 0. The number of esters is 1. The van der Waals surface area contributed by atoms with Gasteiger partial charge in [0.05, 0.1) is 18.3 Å². The van der Waals surface area contributed by atoms with Crippen LogP contribution in [0.5, 0.6) is 5.75 Å². The fourth-order valence-corrected chi connectivity index (χ4v) is 5.07. The Labute approximate surface area is 162 Å². The highest BCUT2D eigenvalue weighted by molar-refractivity contribution is 5.89. The molecule has 0 aliphatic heterocycles. The number of benzene rings is 1. The highest BCUT2D eigenvalue weighted by Gasteiger charge is 2.61. The predicted molar refractivity (Wildman–Crippen MR) is 106 cm³/mol.